The van der Waals surface area contributed by atoms with Gasteiger partial charge in [0.05, 0.1) is 23.2 Å². The monoisotopic (exact) mass is 361 g/mol. The fraction of sp³-hybridized carbons (Fsp3) is 0.238. The SMILES string of the molecule is CC1(C)Oc2ccc(C#N)cc2C(NC(=O)c2c[nH]c3ccccc23)C1O. The molecular weight excluding hydrogens is 342 g/mol. The second-order valence-electron chi connectivity index (χ2n) is 7.21. The molecule has 2 aromatic carbocycles. The molecule has 2 atom stereocenters. The maximum absolute atomic E-state index is 13.0. The number of aromatic amines is 1. The summed E-state index contributed by atoms with van der Waals surface area (Å²) in [6.07, 6.45) is 0.678. The molecule has 0 saturated carbocycles. The number of nitrogens with zero attached hydrogens (tertiary/aromatic N) is 1. The number of aliphatic hydroxyl groups excluding tert-OH is 1. The Hall–Kier alpha value is -3.30. The minimum Gasteiger partial charge on any atom is -0.485 e. The van der Waals surface area contributed by atoms with Gasteiger partial charge in [-0.15, -0.1) is 0 Å². The van der Waals surface area contributed by atoms with E-state index in [0.29, 0.717) is 22.4 Å². The lowest BCUT2D eigenvalue weighted by atomic mass is 9.85. The summed E-state index contributed by atoms with van der Waals surface area (Å²) >= 11 is 0. The van der Waals surface area contributed by atoms with E-state index < -0.39 is 17.7 Å². The molecule has 4 rings (SSSR count). The number of para-hydroxylation sites is 1. The molecule has 0 bridgehead atoms. The zero-order valence-corrected chi connectivity index (χ0v) is 15.0. The number of amides is 1. The first-order chi connectivity index (χ1) is 12.9. The zero-order chi connectivity index (χ0) is 19.2. The first-order valence-corrected chi connectivity index (χ1v) is 8.69. The molecule has 27 heavy (non-hydrogen) atoms. The van der Waals surface area contributed by atoms with Gasteiger partial charge in [0.25, 0.3) is 5.91 Å². The molecule has 1 aliphatic heterocycles. The predicted molar refractivity (Wildman–Crippen MR) is 100 cm³/mol. The standard InChI is InChI=1S/C21H19N3O3/c1-21(2)19(25)18(14-9-12(10-22)7-8-17(14)27-21)24-20(26)15-11-23-16-6-4-3-5-13(15)16/h3-9,11,18-19,23,25H,1-2H3,(H,24,26). The third kappa shape index (κ3) is 2.82. The number of rotatable bonds is 2. The Morgan fingerprint density at radius 3 is 2.85 bits per heavy atom. The molecule has 2 heterocycles. The largest absolute Gasteiger partial charge is 0.485 e. The van der Waals surface area contributed by atoms with E-state index in [4.69, 9.17) is 4.74 Å². The number of aromatic nitrogens is 1. The van der Waals surface area contributed by atoms with Crippen molar-refractivity contribution >= 4 is 16.8 Å². The van der Waals surface area contributed by atoms with Crippen molar-refractivity contribution in [3.63, 3.8) is 0 Å². The molecule has 1 amide bonds. The Labute approximate surface area is 156 Å². The Balaban J connectivity index is 1.74. The summed E-state index contributed by atoms with van der Waals surface area (Å²) in [6, 6.07) is 13.9. The second kappa shape index (κ2) is 6.15. The summed E-state index contributed by atoms with van der Waals surface area (Å²) in [7, 11) is 0. The highest BCUT2D eigenvalue weighted by Gasteiger charge is 2.43. The number of aliphatic hydroxyl groups is 1. The lowest BCUT2D eigenvalue weighted by Gasteiger charge is -2.42. The number of fused-ring (bicyclic) bond motifs is 2. The molecule has 0 saturated heterocycles. The average Bonchev–Trinajstić information content (AvgIpc) is 3.09. The highest BCUT2D eigenvalue weighted by molar-refractivity contribution is 6.06. The first-order valence-electron chi connectivity index (χ1n) is 8.69. The Morgan fingerprint density at radius 1 is 1.30 bits per heavy atom. The van der Waals surface area contributed by atoms with Crippen molar-refractivity contribution < 1.29 is 14.6 Å². The topological polar surface area (TPSA) is 98.1 Å². The van der Waals surface area contributed by atoms with E-state index in [9.17, 15) is 15.2 Å². The van der Waals surface area contributed by atoms with E-state index in [2.05, 4.69) is 16.4 Å². The molecule has 1 aromatic heterocycles. The van der Waals surface area contributed by atoms with Crippen LogP contribution >= 0.6 is 0 Å². The summed E-state index contributed by atoms with van der Waals surface area (Å²) in [5.74, 6) is 0.246. The van der Waals surface area contributed by atoms with Gasteiger partial charge < -0.3 is 20.1 Å². The van der Waals surface area contributed by atoms with Crippen LogP contribution in [0, 0.1) is 11.3 Å². The Kier molecular flexibility index (Phi) is 3.90. The minimum atomic E-state index is -0.979. The van der Waals surface area contributed by atoms with Crippen molar-refractivity contribution in [2.75, 3.05) is 0 Å². The number of H-pyrrole nitrogens is 1. The fourth-order valence-corrected chi connectivity index (χ4v) is 3.50. The van der Waals surface area contributed by atoms with Crippen LogP contribution in [0.25, 0.3) is 10.9 Å². The molecule has 3 N–H and O–H groups in total. The van der Waals surface area contributed by atoms with Crippen molar-refractivity contribution in [1.82, 2.24) is 10.3 Å². The van der Waals surface area contributed by atoms with Crippen molar-refractivity contribution in [1.29, 1.82) is 5.26 Å². The second-order valence-corrected chi connectivity index (χ2v) is 7.21. The molecule has 6 nitrogen and oxygen atoms in total. The fourth-order valence-electron chi connectivity index (χ4n) is 3.50. The van der Waals surface area contributed by atoms with Crippen LogP contribution in [-0.2, 0) is 0 Å². The van der Waals surface area contributed by atoms with Gasteiger partial charge in [-0.3, -0.25) is 4.79 Å². The van der Waals surface area contributed by atoms with Gasteiger partial charge in [-0.05, 0) is 38.1 Å². The van der Waals surface area contributed by atoms with Gasteiger partial charge in [0.1, 0.15) is 17.5 Å². The van der Waals surface area contributed by atoms with E-state index in [-0.39, 0.29) is 5.91 Å². The zero-order valence-electron chi connectivity index (χ0n) is 15.0. The van der Waals surface area contributed by atoms with Gasteiger partial charge in [0.2, 0.25) is 0 Å². The molecule has 0 radical (unpaired) electrons. The molecule has 6 heteroatoms. The summed E-state index contributed by atoms with van der Waals surface area (Å²) in [5.41, 5.74) is 1.51. The maximum Gasteiger partial charge on any atom is 0.254 e. The minimum absolute atomic E-state index is 0.303. The van der Waals surface area contributed by atoms with Gasteiger partial charge in [0.15, 0.2) is 0 Å². The van der Waals surface area contributed by atoms with Crippen LogP contribution in [0.1, 0.15) is 41.4 Å². The smallest absolute Gasteiger partial charge is 0.254 e. The number of hydrogen-bond acceptors (Lipinski definition) is 4. The van der Waals surface area contributed by atoms with Gasteiger partial charge >= 0.3 is 0 Å². The predicted octanol–water partition coefficient (Wildman–Crippen LogP) is 3.04. The third-order valence-corrected chi connectivity index (χ3v) is 5.00. The van der Waals surface area contributed by atoms with Crippen LogP contribution in [0.2, 0.25) is 0 Å². The summed E-state index contributed by atoms with van der Waals surface area (Å²) in [5, 5.41) is 23.8. The Bertz CT molecular complexity index is 1080. The molecular formula is C21H19N3O3. The van der Waals surface area contributed by atoms with Crippen molar-refractivity contribution in [3.05, 3.63) is 65.4 Å². The number of nitrogens with one attached hydrogen (secondary N) is 2. The van der Waals surface area contributed by atoms with E-state index in [1.54, 1.807) is 38.2 Å². The molecule has 136 valence electrons. The van der Waals surface area contributed by atoms with Gasteiger partial charge in [-0.1, -0.05) is 18.2 Å². The molecule has 0 aliphatic carbocycles. The van der Waals surface area contributed by atoms with Crippen LogP contribution < -0.4 is 10.1 Å². The summed E-state index contributed by atoms with van der Waals surface area (Å²) < 4.78 is 5.89. The van der Waals surface area contributed by atoms with Gasteiger partial charge in [0, 0.05) is 22.7 Å². The molecule has 0 spiro atoms. The van der Waals surface area contributed by atoms with Crippen molar-refractivity contribution in [2.24, 2.45) is 0 Å². The van der Waals surface area contributed by atoms with Crippen LogP contribution in [0.3, 0.4) is 0 Å². The number of benzene rings is 2. The number of ether oxygens (including phenoxy) is 1. The number of carbonyl (C=O) groups is 1. The van der Waals surface area contributed by atoms with E-state index in [0.717, 1.165) is 10.9 Å². The third-order valence-electron chi connectivity index (χ3n) is 5.00. The maximum atomic E-state index is 13.0. The van der Waals surface area contributed by atoms with Crippen molar-refractivity contribution in [3.8, 4) is 11.8 Å². The van der Waals surface area contributed by atoms with Gasteiger partial charge in [-0.2, -0.15) is 5.26 Å². The van der Waals surface area contributed by atoms with E-state index in [1.165, 1.54) is 0 Å². The van der Waals surface area contributed by atoms with E-state index in [1.807, 2.05) is 24.3 Å². The lowest BCUT2D eigenvalue weighted by molar-refractivity contribution is -0.0627. The number of nitriles is 1. The van der Waals surface area contributed by atoms with Crippen LogP contribution in [0.15, 0.2) is 48.7 Å². The quantitative estimate of drug-likeness (QED) is 0.653. The highest BCUT2D eigenvalue weighted by atomic mass is 16.5. The average molecular weight is 361 g/mol. The Morgan fingerprint density at radius 2 is 2.07 bits per heavy atom. The highest BCUT2D eigenvalue weighted by Crippen LogP contribution is 2.40. The normalized spacial score (nSPS) is 20.4. The summed E-state index contributed by atoms with van der Waals surface area (Å²) in [6.45, 7) is 3.54. The van der Waals surface area contributed by atoms with Crippen LogP contribution in [0.5, 0.6) is 5.75 Å². The van der Waals surface area contributed by atoms with E-state index >= 15 is 0 Å². The molecule has 0 fully saturated rings. The number of carbonyl (C=O) groups excluding carboxylic acids is 1. The van der Waals surface area contributed by atoms with Crippen LogP contribution in [-0.4, -0.2) is 27.7 Å². The van der Waals surface area contributed by atoms with Crippen molar-refractivity contribution in [2.45, 2.75) is 31.6 Å². The lowest BCUT2D eigenvalue weighted by Crippen LogP contribution is -2.53. The number of hydrogen-bond donors (Lipinski definition) is 3. The molecule has 2 unspecified atom stereocenters. The summed E-state index contributed by atoms with van der Waals surface area (Å²) in [4.78, 5) is 16.0. The molecule has 1 aliphatic rings. The molecule has 3 aromatic rings. The van der Waals surface area contributed by atoms with Crippen LogP contribution in [0.4, 0.5) is 0 Å². The first kappa shape index (κ1) is 17.1. The van der Waals surface area contributed by atoms with Gasteiger partial charge in [-0.25, -0.2) is 0 Å².